The lowest BCUT2D eigenvalue weighted by molar-refractivity contribution is -0.191. The zero-order valence-corrected chi connectivity index (χ0v) is 23.2. The van der Waals surface area contributed by atoms with Crippen molar-refractivity contribution < 1.29 is 34.1 Å². The minimum Gasteiger partial charge on any atom is -0.478 e. The predicted octanol–water partition coefficient (Wildman–Crippen LogP) is 5.05. The Morgan fingerprint density at radius 1 is 1.00 bits per heavy atom. The van der Waals surface area contributed by atoms with Crippen LogP contribution in [0, 0.1) is 5.92 Å². The van der Waals surface area contributed by atoms with Crippen LogP contribution in [0.4, 0.5) is 0 Å². The number of hydrogen-bond acceptors (Lipinski definition) is 7. The van der Waals surface area contributed by atoms with Crippen LogP contribution in [0.15, 0.2) is 61.2 Å². The van der Waals surface area contributed by atoms with Gasteiger partial charge in [0.2, 0.25) is 0 Å². The molecule has 0 fully saturated rings. The van der Waals surface area contributed by atoms with Crippen molar-refractivity contribution in [2.45, 2.75) is 72.6 Å². The molecule has 2 aromatic rings. The molecule has 8 heteroatoms. The van der Waals surface area contributed by atoms with Gasteiger partial charge in [-0.3, -0.25) is 9.69 Å². The first-order chi connectivity index (χ1) is 17.9. The van der Waals surface area contributed by atoms with Crippen molar-refractivity contribution in [2.24, 2.45) is 5.92 Å². The Hall–Kier alpha value is -3.58. The number of hydrogen-bond donors (Lipinski definition) is 2. The molecule has 0 heterocycles. The van der Waals surface area contributed by atoms with Crippen molar-refractivity contribution >= 4 is 18.1 Å². The Morgan fingerprint density at radius 2 is 1.53 bits per heavy atom. The van der Waals surface area contributed by atoms with Crippen molar-refractivity contribution in [1.29, 1.82) is 0 Å². The number of carbonyl (C=O) groups excluding carboxylic acids is 3. The second kappa shape index (κ2) is 18.6. The molecule has 0 unspecified atom stereocenters. The van der Waals surface area contributed by atoms with E-state index in [1.54, 1.807) is 0 Å². The maximum Gasteiger partial charge on any atom is 0.373 e. The summed E-state index contributed by atoms with van der Waals surface area (Å²) in [6.07, 6.45) is 1.97. The van der Waals surface area contributed by atoms with Crippen LogP contribution in [-0.4, -0.2) is 51.8 Å². The van der Waals surface area contributed by atoms with Crippen LogP contribution in [0.1, 0.15) is 70.6 Å². The SMILES string of the molecule is C=CC(=O)O.CC(C)C(=O)Oc1ccc(CO)cc1[C@H](CCN(C(C)C)C(C)C)c1ccccc1.O=C=O. The fraction of sp³-hybridized carbons (Fsp3) is 0.433. The van der Waals surface area contributed by atoms with Gasteiger partial charge >= 0.3 is 18.1 Å². The second-order valence-electron chi connectivity index (χ2n) is 9.41. The summed E-state index contributed by atoms with van der Waals surface area (Å²) in [6.45, 7) is 16.4. The molecule has 0 bridgehead atoms. The molecule has 208 valence electrons. The van der Waals surface area contributed by atoms with Crippen LogP contribution in [0.25, 0.3) is 0 Å². The number of nitrogens with zero attached hydrogens (tertiary/aromatic N) is 1. The predicted molar refractivity (Wildman–Crippen MR) is 146 cm³/mol. The van der Waals surface area contributed by atoms with E-state index in [1.165, 1.54) is 5.56 Å². The standard InChI is InChI=1S/C26H37NO3.C3H4O2.CO2/c1-18(2)26(29)30-25-13-12-21(17-28)16-24(25)23(22-10-8-7-9-11-22)14-15-27(19(3)4)20(5)6;1-2-3(4)5;2-1-3/h7-13,16,18-20,23,28H,14-15,17H2,1-6H3;2H,1H2,(H,4,5);/t23-;;/m1../s1. The lowest BCUT2D eigenvalue weighted by Crippen LogP contribution is -2.38. The molecule has 0 radical (unpaired) electrons. The van der Waals surface area contributed by atoms with Gasteiger partial charge in [-0.15, -0.1) is 0 Å². The number of carboxylic acid groups (broad SMARTS) is 1. The monoisotopic (exact) mass is 527 g/mol. The van der Waals surface area contributed by atoms with Crippen molar-refractivity contribution in [1.82, 2.24) is 4.90 Å². The van der Waals surface area contributed by atoms with Crippen LogP contribution >= 0.6 is 0 Å². The number of aliphatic hydroxyl groups is 1. The molecule has 0 saturated heterocycles. The smallest absolute Gasteiger partial charge is 0.373 e. The van der Waals surface area contributed by atoms with Gasteiger partial charge < -0.3 is 14.9 Å². The van der Waals surface area contributed by atoms with Gasteiger partial charge in [0.1, 0.15) is 5.75 Å². The van der Waals surface area contributed by atoms with Crippen LogP contribution in [-0.2, 0) is 25.8 Å². The molecule has 0 saturated carbocycles. The third-order valence-corrected chi connectivity index (χ3v) is 5.69. The van der Waals surface area contributed by atoms with Crippen LogP contribution in [0.3, 0.4) is 0 Å². The highest BCUT2D eigenvalue weighted by atomic mass is 16.5. The number of ether oxygens (including phenoxy) is 1. The molecule has 2 aromatic carbocycles. The highest BCUT2D eigenvalue weighted by molar-refractivity contribution is 5.78. The van der Waals surface area contributed by atoms with Gasteiger partial charge in [-0.25, -0.2) is 4.79 Å². The van der Waals surface area contributed by atoms with Gasteiger partial charge in [-0.1, -0.05) is 56.8 Å². The number of carboxylic acids is 1. The number of aliphatic hydroxyl groups excluding tert-OH is 1. The fourth-order valence-electron chi connectivity index (χ4n) is 3.87. The molecule has 2 N–H and O–H groups in total. The first-order valence-corrected chi connectivity index (χ1v) is 12.5. The highest BCUT2D eigenvalue weighted by Gasteiger charge is 2.23. The maximum absolute atomic E-state index is 12.3. The molecule has 0 spiro atoms. The summed E-state index contributed by atoms with van der Waals surface area (Å²) in [5, 5.41) is 17.3. The van der Waals surface area contributed by atoms with Crippen molar-refractivity contribution in [3.05, 3.63) is 77.9 Å². The van der Waals surface area contributed by atoms with Crippen LogP contribution in [0.5, 0.6) is 5.75 Å². The van der Waals surface area contributed by atoms with E-state index in [-0.39, 0.29) is 30.6 Å². The van der Waals surface area contributed by atoms with Gasteiger partial charge in [-0.2, -0.15) is 9.59 Å². The molecule has 0 aliphatic heterocycles. The van der Waals surface area contributed by atoms with Gasteiger partial charge in [0, 0.05) is 29.6 Å². The lowest BCUT2D eigenvalue weighted by Gasteiger charge is -2.32. The zero-order valence-electron chi connectivity index (χ0n) is 23.2. The van der Waals surface area contributed by atoms with E-state index in [4.69, 9.17) is 19.4 Å². The minimum absolute atomic E-state index is 0.0446. The molecule has 0 aliphatic rings. The van der Waals surface area contributed by atoms with Gasteiger partial charge in [0.05, 0.1) is 12.5 Å². The van der Waals surface area contributed by atoms with Crippen LogP contribution in [0.2, 0.25) is 0 Å². The van der Waals surface area contributed by atoms with E-state index in [1.807, 2.05) is 50.2 Å². The number of rotatable bonds is 11. The third-order valence-electron chi connectivity index (χ3n) is 5.69. The minimum atomic E-state index is -0.981. The largest absolute Gasteiger partial charge is 0.478 e. The van der Waals surface area contributed by atoms with Crippen molar-refractivity contribution in [3.63, 3.8) is 0 Å². The second-order valence-corrected chi connectivity index (χ2v) is 9.41. The van der Waals surface area contributed by atoms with E-state index < -0.39 is 5.97 Å². The van der Waals surface area contributed by atoms with Gasteiger partial charge in [0.15, 0.2) is 0 Å². The summed E-state index contributed by atoms with van der Waals surface area (Å²) in [4.78, 5) is 40.3. The fourth-order valence-corrected chi connectivity index (χ4v) is 3.87. The van der Waals surface area contributed by atoms with E-state index in [0.717, 1.165) is 30.2 Å². The summed E-state index contributed by atoms with van der Waals surface area (Å²) < 4.78 is 5.78. The van der Waals surface area contributed by atoms with E-state index >= 15 is 0 Å². The Kier molecular flexibility index (Phi) is 16.9. The summed E-state index contributed by atoms with van der Waals surface area (Å²) >= 11 is 0. The molecule has 8 nitrogen and oxygen atoms in total. The lowest BCUT2D eigenvalue weighted by atomic mass is 9.86. The first-order valence-electron chi connectivity index (χ1n) is 12.5. The molecular weight excluding hydrogens is 486 g/mol. The summed E-state index contributed by atoms with van der Waals surface area (Å²) in [7, 11) is 0. The third kappa shape index (κ3) is 12.6. The highest BCUT2D eigenvalue weighted by Crippen LogP contribution is 2.36. The first kappa shape index (κ1) is 34.4. The summed E-state index contributed by atoms with van der Waals surface area (Å²) in [5.41, 5.74) is 2.95. The molecule has 38 heavy (non-hydrogen) atoms. The van der Waals surface area contributed by atoms with E-state index in [0.29, 0.717) is 17.8 Å². The average molecular weight is 528 g/mol. The Balaban J connectivity index is 0.00000150. The summed E-state index contributed by atoms with van der Waals surface area (Å²) in [6, 6.07) is 16.9. The van der Waals surface area contributed by atoms with Crippen molar-refractivity contribution in [3.8, 4) is 5.75 Å². The van der Waals surface area contributed by atoms with E-state index in [2.05, 4.69) is 51.3 Å². The Morgan fingerprint density at radius 3 is 1.95 bits per heavy atom. The molecule has 2 rings (SSSR count). The molecule has 1 atom stereocenters. The van der Waals surface area contributed by atoms with Gasteiger partial charge in [-0.05, 0) is 63.9 Å². The quantitative estimate of drug-likeness (QED) is 0.236. The van der Waals surface area contributed by atoms with Crippen molar-refractivity contribution in [2.75, 3.05) is 6.54 Å². The van der Waals surface area contributed by atoms with Crippen LogP contribution < -0.4 is 4.74 Å². The van der Waals surface area contributed by atoms with Gasteiger partial charge in [0.25, 0.3) is 0 Å². The molecule has 0 amide bonds. The van der Waals surface area contributed by atoms with E-state index in [9.17, 15) is 14.7 Å². The number of aliphatic carboxylic acids is 1. The average Bonchev–Trinajstić information content (AvgIpc) is 2.87. The molecule has 0 aliphatic carbocycles. The Bertz CT molecular complexity index is 1020. The molecule has 0 aromatic heterocycles. The maximum atomic E-state index is 12.3. The topological polar surface area (TPSA) is 121 Å². The summed E-state index contributed by atoms with van der Waals surface area (Å²) in [5.74, 6) is -0.785. The Labute approximate surface area is 225 Å². The zero-order chi connectivity index (χ0) is 29.3. The number of esters is 1. The number of benzene rings is 2. The normalized spacial score (nSPS) is 11.1. The molecular formula is C30H41NO7. The number of carbonyl (C=O) groups is 2.